The predicted molar refractivity (Wildman–Crippen MR) is 122 cm³/mol. The van der Waals surface area contributed by atoms with Gasteiger partial charge in [0.1, 0.15) is 5.75 Å². The molecule has 156 valence electrons. The summed E-state index contributed by atoms with van der Waals surface area (Å²) in [7, 11) is 0. The van der Waals surface area contributed by atoms with Gasteiger partial charge in [-0.1, -0.05) is 50.5 Å². The molecular weight excluding hydrogens is 372 g/mol. The fourth-order valence-corrected chi connectivity index (χ4v) is 4.98. The van der Waals surface area contributed by atoms with E-state index in [1.54, 1.807) is 6.07 Å². The van der Waals surface area contributed by atoms with Crippen LogP contribution in [0.15, 0.2) is 42.5 Å². The van der Waals surface area contributed by atoms with Crippen molar-refractivity contribution >= 4 is 17.2 Å². The number of phenolic OH excluding ortho intramolecular Hbond substituents is 1. The van der Waals surface area contributed by atoms with Crippen LogP contribution in [0.3, 0.4) is 0 Å². The van der Waals surface area contributed by atoms with E-state index in [0.717, 1.165) is 11.5 Å². The van der Waals surface area contributed by atoms with E-state index in [1.165, 1.54) is 62.7 Å². The van der Waals surface area contributed by atoms with E-state index >= 15 is 0 Å². The van der Waals surface area contributed by atoms with Crippen LogP contribution in [0.2, 0.25) is 0 Å². The minimum atomic E-state index is -0.273. The second-order valence-electron chi connectivity index (χ2n) is 8.71. The molecule has 2 aromatic rings. The molecule has 4 heteroatoms. The highest BCUT2D eigenvalue weighted by atomic mass is 16.3. The number of anilines is 1. The summed E-state index contributed by atoms with van der Waals surface area (Å²) < 4.78 is 0. The molecule has 4 N–H and O–H groups in total. The zero-order valence-electron chi connectivity index (χ0n) is 17.6. The van der Waals surface area contributed by atoms with Crippen molar-refractivity contribution in [3.8, 4) is 16.9 Å². The van der Waals surface area contributed by atoms with Crippen molar-refractivity contribution in [1.82, 2.24) is 0 Å². The highest BCUT2D eigenvalue weighted by molar-refractivity contribution is 6.26. The number of unbranched alkanes of at least 4 members (excludes halogenated alkanes) is 1. The molecule has 4 rings (SSSR count). The van der Waals surface area contributed by atoms with Crippen LogP contribution in [0.5, 0.6) is 5.75 Å². The highest BCUT2D eigenvalue weighted by Crippen LogP contribution is 2.41. The molecule has 2 aromatic carbocycles. The normalized spacial score (nSPS) is 21.0. The van der Waals surface area contributed by atoms with Gasteiger partial charge in [0.05, 0.1) is 16.8 Å². The second-order valence-corrected chi connectivity index (χ2v) is 8.71. The maximum absolute atomic E-state index is 12.2. The van der Waals surface area contributed by atoms with Crippen molar-refractivity contribution in [2.24, 2.45) is 5.92 Å². The van der Waals surface area contributed by atoms with Crippen LogP contribution in [-0.4, -0.2) is 16.6 Å². The van der Waals surface area contributed by atoms with Crippen LogP contribution >= 0.6 is 0 Å². The van der Waals surface area contributed by atoms with Gasteiger partial charge >= 0.3 is 0 Å². The van der Waals surface area contributed by atoms with Crippen molar-refractivity contribution < 1.29 is 9.90 Å². The maximum atomic E-state index is 12.2. The Kier molecular flexibility index (Phi) is 5.76. The van der Waals surface area contributed by atoms with E-state index in [4.69, 9.17) is 11.1 Å². The molecule has 0 heterocycles. The third kappa shape index (κ3) is 3.79. The number of allylic oxidation sites excluding steroid dienone is 2. The standard InChI is InChI=1S/C26H30N2O2/c1-2-3-4-16-5-7-17(8-6-16)18-9-11-19(12-10-18)20-15-22(28)24-23(29)14-13-21(27)25(24)26(20)30/h9-17,27,30H,2-8,28H2,1H3. The zero-order valence-corrected chi connectivity index (χ0v) is 17.6. The lowest BCUT2D eigenvalue weighted by molar-refractivity contribution is 0.104. The molecule has 0 amide bonds. The number of aromatic hydroxyl groups is 1. The monoisotopic (exact) mass is 402 g/mol. The first-order valence-corrected chi connectivity index (χ1v) is 11.1. The van der Waals surface area contributed by atoms with Gasteiger partial charge in [0, 0.05) is 11.3 Å². The molecule has 0 aromatic heterocycles. The van der Waals surface area contributed by atoms with Gasteiger partial charge in [-0.3, -0.25) is 4.79 Å². The van der Waals surface area contributed by atoms with E-state index < -0.39 is 0 Å². The van der Waals surface area contributed by atoms with E-state index in [1.807, 2.05) is 12.1 Å². The van der Waals surface area contributed by atoms with Gasteiger partial charge in [-0.15, -0.1) is 0 Å². The van der Waals surface area contributed by atoms with Crippen LogP contribution in [-0.2, 0) is 0 Å². The van der Waals surface area contributed by atoms with Crippen molar-refractivity contribution in [1.29, 1.82) is 5.41 Å². The lowest BCUT2D eigenvalue weighted by atomic mass is 9.77. The Hall–Kier alpha value is -2.88. The number of carbonyl (C=O) groups is 1. The summed E-state index contributed by atoms with van der Waals surface area (Å²) in [5, 5.41) is 19.0. The lowest BCUT2D eigenvalue weighted by Gasteiger charge is -2.29. The molecule has 0 bridgehead atoms. The summed E-state index contributed by atoms with van der Waals surface area (Å²) in [5.74, 6) is 1.18. The summed E-state index contributed by atoms with van der Waals surface area (Å²) in [6, 6.07) is 9.98. The Morgan fingerprint density at radius 2 is 1.77 bits per heavy atom. The van der Waals surface area contributed by atoms with Crippen molar-refractivity contribution in [2.75, 3.05) is 5.73 Å². The number of rotatable bonds is 5. The molecule has 1 fully saturated rings. The van der Waals surface area contributed by atoms with Gasteiger partial charge in [-0.25, -0.2) is 0 Å². The number of hydrogen-bond acceptors (Lipinski definition) is 4. The summed E-state index contributed by atoms with van der Waals surface area (Å²) in [5.41, 5.74) is 9.74. The lowest BCUT2D eigenvalue weighted by Crippen LogP contribution is -2.15. The Morgan fingerprint density at radius 1 is 1.07 bits per heavy atom. The number of nitrogens with two attached hydrogens (primary N) is 1. The molecular formula is C26H30N2O2. The van der Waals surface area contributed by atoms with E-state index in [-0.39, 0.29) is 28.4 Å². The molecule has 0 unspecified atom stereocenters. The topological polar surface area (TPSA) is 87.2 Å². The smallest absolute Gasteiger partial charge is 0.188 e. The molecule has 0 radical (unpaired) electrons. The van der Waals surface area contributed by atoms with E-state index in [0.29, 0.717) is 17.2 Å². The van der Waals surface area contributed by atoms with Gasteiger partial charge in [-0.2, -0.15) is 0 Å². The molecule has 0 atom stereocenters. The first-order chi connectivity index (χ1) is 14.5. The first kappa shape index (κ1) is 20.4. The number of carbonyl (C=O) groups excluding carboxylic acids is 1. The molecule has 0 spiro atoms. The number of benzene rings is 2. The molecule has 2 aliphatic carbocycles. The third-order valence-electron chi connectivity index (χ3n) is 6.75. The third-order valence-corrected chi connectivity index (χ3v) is 6.75. The Balaban J connectivity index is 1.56. The molecule has 1 saturated carbocycles. The number of ketones is 1. The average molecular weight is 403 g/mol. The van der Waals surface area contributed by atoms with Gasteiger partial charge in [0.25, 0.3) is 0 Å². The number of nitrogens with one attached hydrogen (secondary N) is 1. The number of hydrogen-bond donors (Lipinski definition) is 3. The summed E-state index contributed by atoms with van der Waals surface area (Å²) in [6.45, 7) is 2.26. The predicted octanol–water partition coefficient (Wildman–Crippen LogP) is 6.23. The Morgan fingerprint density at radius 3 is 2.43 bits per heavy atom. The van der Waals surface area contributed by atoms with Gasteiger partial charge < -0.3 is 16.2 Å². The Bertz CT molecular complexity index is 997. The number of fused-ring (bicyclic) bond motifs is 1. The van der Waals surface area contributed by atoms with Crippen molar-refractivity contribution in [3.63, 3.8) is 0 Å². The molecule has 0 saturated heterocycles. The molecule has 2 aliphatic rings. The highest BCUT2D eigenvalue weighted by Gasteiger charge is 2.26. The van der Waals surface area contributed by atoms with Crippen LogP contribution in [0, 0.1) is 11.3 Å². The van der Waals surface area contributed by atoms with Crippen LogP contribution in [0.25, 0.3) is 11.1 Å². The first-order valence-electron chi connectivity index (χ1n) is 11.1. The minimum Gasteiger partial charge on any atom is -0.507 e. The zero-order chi connectivity index (χ0) is 21.3. The Labute approximate surface area is 178 Å². The average Bonchev–Trinajstić information content (AvgIpc) is 2.77. The van der Waals surface area contributed by atoms with Crippen LogP contribution in [0.1, 0.15) is 79.3 Å². The van der Waals surface area contributed by atoms with Gasteiger partial charge in [0.15, 0.2) is 5.78 Å². The number of phenols is 1. The fourth-order valence-electron chi connectivity index (χ4n) is 4.98. The van der Waals surface area contributed by atoms with Crippen molar-refractivity contribution in [3.05, 3.63) is 59.2 Å². The SMILES string of the molecule is CCCCC1CCC(c2ccc(-c3cc(N)c4c(c3O)C(=N)C=CC4=O)cc2)CC1. The maximum Gasteiger partial charge on any atom is 0.188 e. The molecule has 4 nitrogen and oxygen atoms in total. The van der Waals surface area contributed by atoms with Crippen LogP contribution < -0.4 is 5.73 Å². The fraction of sp³-hybridized carbons (Fsp3) is 0.385. The second kappa shape index (κ2) is 8.47. The molecule has 0 aliphatic heterocycles. The van der Waals surface area contributed by atoms with E-state index in [9.17, 15) is 9.90 Å². The van der Waals surface area contributed by atoms with E-state index in [2.05, 4.69) is 19.1 Å². The number of nitrogen functional groups attached to an aromatic ring is 1. The van der Waals surface area contributed by atoms with Gasteiger partial charge in [-0.05, 0) is 66.9 Å². The summed E-state index contributed by atoms with van der Waals surface area (Å²) >= 11 is 0. The van der Waals surface area contributed by atoms with Crippen molar-refractivity contribution in [2.45, 2.75) is 57.8 Å². The summed E-state index contributed by atoms with van der Waals surface area (Å²) in [4.78, 5) is 12.2. The largest absolute Gasteiger partial charge is 0.507 e. The summed E-state index contributed by atoms with van der Waals surface area (Å²) in [6.07, 6.45) is 11.9. The van der Waals surface area contributed by atoms with Gasteiger partial charge in [0.2, 0.25) is 0 Å². The minimum absolute atomic E-state index is 0.0499. The van der Waals surface area contributed by atoms with Crippen LogP contribution in [0.4, 0.5) is 5.69 Å². The quantitative estimate of drug-likeness (QED) is 0.409. The molecule has 30 heavy (non-hydrogen) atoms.